The maximum Gasteiger partial charge on any atom is 0.315 e. The second kappa shape index (κ2) is 9.71. The Kier molecular flexibility index (Phi) is 7.54. The van der Waals surface area contributed by atoms with Gasteiger partial charge in [-0.3, -0.25) is 9.88 Å². The summed E-state index contributed by atoms with van der Waals surface area (Å²) in [6, 6.07) is 7.58. The van der Waals surface area contributed by atoms with Crippen LogP contribution in [0.3, 0.4) is 0 Å². The molecule has 1 saturated heterocycles. The summed E-state index contributed by atoms with van der Waals surface area (Å²) < 4.78 is 13.6. The van der Waals surface area contributed by atoms with Crippen molar-refractivity contribution in [3.05, 3.63) is 51.7 Å². The van der Waals surface area contributed by atoms with E-state index < -0.39 is 5.54 Å². The van der Waals surface area contributed by atoms with E-state index in [-0.39, 0.29) is 28.2 Å². The molecule has 2 aromatic rings. The standard InChI is InChI=1S/C26H39FN4OS/c1-18(2)29-23(32)30-25(6,7)26(13-12-21-10-11-22(27)33-21)14-15-31(17-26)24(4,5)20-9-8-19(3)28-16-20/h8-11,16,18H,12-15,17H2,1-7H3,(H2,29,30,32)/t26-/m1/s1. The minimum atomic E-state index is -0.446. The molecule has 0 spiro atoms. The Labute approximate surface area is 202 Å². The second-order valence-corrected chi connectivity index (χ2v) is 11.9. The van der Waals surface area contributed by atoms with Gasteiger partial charge >= 0.3 is 6.03 Å². The predicted molar refractivity (Wildman–Crippen MR) is 134 cm³/mol. The zero-order valence-electron chi connectivity index (χ0n) is 21.1. The highest BCUT2D eigenvalue weighted by atomic mass is 32.1. The summed E-state index contributed by atoms with van der Waals surface area (Å²) in [5.41, 5.74) is 1.41. The van der Waals surface area contributed by atoms with Crippen molar-refractivity contribution < 1.29 is 9.18 Å². The van der Waals surface area contributed by atoms with Crippen LogP contribution in [0.4, 0.5) is 9.18 Å². The average molecular weight is 475 g/mol. The van der Waals surface area contributed by atoms with E-state index in [1.165, 1.54) is 16.9 Å². The molecular weight excluding hydrogens is 435 g/mol. The molecule has 33 heavy (non-hydrogen) atoms. The average Bonchev–Trinajstić information content (AvgIpc) is 3.33. The summed E-state index contributed by atoms with van der Waals surface area (Å²) in [5, 5.41) is 6.10. The first-order valence-corrected chi connectivity index (χ1v) is 12.7. The Morgan fingerprint density at radius 3 is 2.55 bits per heavy atom. The second-order valence-electron chi connectivity index (χ2n) is 10.8. The van der Waals surface area contributed by atoms with Crippen LogP contribution in [-0.2, 0) is 12.0 Å². The molecule has 1 fully saturated rings. The molecule has 1 aliphatic rings. The van der Waals surface area contributed by atoms with Crippen molar-refractivity contribution in [3.63, 3.8) is 0 Å². The molecule has 1 aliphatic heterocycles. The van der Waals surface area contributed by atoms with E-state index in [9.17, 15) is 9.18 Å². The zero-order chi connectivity index (χ0) is 24.4. The van der Waals surface area contributed by atoms with Crippen molar-refractivity contribution >= 4 is 17.4 Å². The van der Waals surface area contributed by atoms with Crippen molar-refractivity contribution in [3.8, 4) is 0 Å². The summed E-state index contributed by atoms with van der Waals surface area (Å²) in [6.45, 7) is 16.4. The van der Waals surface area contributed by atoms with E-state index in [1.54, 1.807) is 6.07 Å². The van der Waals surface area contributed by atoms with Gasteiger partial charge < -0.3 is 10.6 Å². The largest absolute Gasteiger partial charge is 0.336 e. The molecule has 2 amide bonds. The number of carbonyl (C=O) groups excluding carboxylic acids is 1. The van der Waals surface area contributed by atoms with Crippen molar-refractivity contribution in [1.82, 2.24) is 20.5 Å². The highest BCUT2D eigenvalue weighted by Gasteiger charge is 2.52. The van der Waals surface area contributed by atoms with Crippen LogP contribution in [0, 0.1) is 17.5 Å². The number of hydrogen-bond acceptors (Lipinski definition) is 4. The summed E-state index contributed by atoms with van der Waals surface area (Å²) >= 11 is 1.22. The molecule has 182 valence electrons. The van der Waals surface area contributed by atoms with Gasteiger partial charge in [0.15, 0.2) is 5.13 Å². The Hall–Kier alpha value is -1.99. The highest BCUT2D eigenvalue weighted by Crippen LogP contribution is 2.48. The first-order valence-electron chi connectivity index (χ1n) is 11.9. The number of nitrogens with one attached hydrogen (secondary N) is 2. The van der Waals surface area contributed by atoms with Gasteiger partial charge in [0.2, 0.25) is 0 Å². The number of rotatable bonds is 8. The van der Waals surface area contributed by atoms with Gasteiger partial charge in [0.05, 0.1) is 0 Å². The van der Waals surface area contributed by atoms with Gasteiger partial charge in [-0.1, -0.05) is 6.07 Å². The molecule has 0 unspecified atom stereocenters. The number of amides is 2. The number of carbonyl (C=O) groups is 1. The summed E-state index contributed by atoms with van der Waals surface area (Å²) in [5.74, 6) is 0. The van der Waals surface area contributed by atoms with Gasteiger partial charge in [0.1, 0.15) is 0 Å². The van der Waals surface area contributed by atoms with Crippen molar-refractivity contribution in [2.45, 2.75) is 84.8 Å². The van der Waals surface area contributed by atoms with Crippen molar-refractivity contribution in [2.24, 2.45) is 5.41 Å². The van der Waals surface area contributed by atoms with Gasteiger partial charge in [-0.05, 0) is 98.0 Å². The normalized spacial score (nSPS) is 19.8. The lowest BCUT2D eigenvalue weighted by Crippen LogP contribution is -2.60. The van der Waals surface area contributed by atoms with Gasteiger partial charge in [-0.15, -0.1) is 11.3 Å². The molecule has 3 heterocycles. The van der Waals surface area contributed by atoms with E-state index in [4.69, 9.17) is 0 Å². The van der Waals surface area contributed by atoms with Gasteiger partial charge in [-0.25, -0.2) is 4.79 Å². The molecule has 1 atom stereocenters. The molecular formula is C26H39FN4OS. The van der Waals surface area contributed by atoms with E-state index in [1.807, 2.05) is 33.0 Å². The lowest BCUT2D eigenvalue weighted by atomic mass is 9.67. The molecule has 2 aromatic heterocycles. The Morgan fingerprint density at radius 1 is 1.24 bits per heavy atom. The zero-order valence-corrected chi connectivity index (χ0v) is 21.9. The number of aryl methyl sites for hydroxylation is 2. The van der Waals surface area contributed by atoms with Gasteiger partial charge in [0.25, 0.3) is 0 Å². The molecule has 0 aromatic carbocycles. The molecule has 0 radical (unpaired) electrons. The fourth-order valence-corrected chi connectivity index (χ4v) is 5.68. The van der Waals surface area contributed by atoms with Gasteiger partial charge in [-0.2, -0.15) is 4.39 Å². The summed E-state index contributed by atoms with van der Waals surface area (Å²) in [4.78, 5) is 20.8. The minimum absolute atomic E-state index is 0.0684. The summed E-state index contributed by atoms with van der Waals surface area (Å²) in [6.07, 6.45) is 4.61. The number of aromatic nitrogens is 1. The van der Waals surface area contributed by atoms with Crippen LogP contribution in [0.25, 0.3) is 0 Å². The number of urea groups is 1. The van der Waals surface area contributed by atoms with Crippen molar-refractivity contribution in [1.29, 1.82) is 0 Å². The van der Waals surface area contributed by atoms with E-state index in [0.29, 0.717) is 0 Å². The first kappa shape index (κ1) is 25.6. The first-order chi connectivity index (χ1) is 15.3. The number of likely N-dealkylation sites (tertiary alicyclic amines) is 1. The maximum atomic E-state index is 13.6. The smallest absolute Gasteiger partial charge is 0.315 e. The SMILES string of the molecule is Cc1ccc(C(C)(C)N2CC[C@@](CCc3ccc(F)s3)(C(C)(C)NC(=O)NC(C)C)C2)cn1. The molecule has 0 bridgehead atoms. The number of thiophene rings is 1. The Morgan fingerprint density at radius 2 is 1.97 bits per heavy atom. The molecule has 3 rings (SSSR count). The minimum Gasteiger partial charge on any atom is -0.336 e. The maximum absolute atomic E-state index is 13.6. The molecule has 7 heteroatoms. The van der Waals surface area contributed by atoms with Crippen LogP contribution < -0.4 is 10.6 Å². The van der Waals surface area contributed by atoms with Crippen LogP contribution in [0.15, 0.2) is 30.5 Å². The van der Waals surface area contributed by atoms with E-state index in [2.05, 4.69) is 60.3 Å². The fourth-order valence-electron chi connectivity index (χ4n) is 4.95. The van der Waals surface area contributed by atoms with Crippen LogP contribution in [0.1, 0.15) is 70.5 Å². The summed E-state index contributed by atoms with van der Waals surface area (Å²) in [7, 11) is 0. The topological polar surface area (TPSA) is 57.3 Å². The van der Waals surface area contributed by atoms with Gasteiger partial charge in [0, 0.05) is 45.8 Å². The number of pyridine rings is 1. The third-order valence-corrected chi connectivity index (χ3v) is 8.35. The molecule has 2 N–H and O–H groups in total. The Balaban J connectivity index is 1.87. The third-order valence-electron chi connectivity index (χ3n) is 7.41. The predicted octanol–water partition coefficient (Wildman–Crippen LogP) is 5.64. The highest BCUT2D eigenvalue weighted by molar-refractivity contribution is 7.10. The monoisotopic (exact) mass is 474 g/mol. The van der Waals surface area contributed by atoms with Crippen LogP contribution >= 0.6 is 11.3 Å². The van der Waals surface area contributed by atoms with E-state index in [0.717, 1.165) is 42.9 Å². The third kappa shape index (κ3) is 5.75. The van der Waals surface area contributed by atoms with Crippen molar-refractivity contribution in [2.75, 3.05) is 13.1 Å². The van der Waals surface area contributed by atoms with Crippen LogP contribution in [0.5, 0.6) is 0 Å². The van der Waals surface area contributed by atoms with E-state index >= 15 is 0 Å². The number of halogens is 1. The number of nitrogens with zero attached hydrogens (tertiary/aromatic N) is 2. The Bertz CT molecular complexity index is 953. The lowest BCUT2D eigenvalue weighted by Gasteiger charge is -2.46. The molecule has 0 aliphatic carbocycles. The lowest BCUT2D eigenvalue weighted by molar-refractivity contribution is 0.0780. The molecule has 0 saturated carbocycles. The van der Waals surface area contributed by atoms with Crippen LogP contribution in [0.2, 0.25) is 0 Å². The quantitative estimate of drug-likeness (QED) is 0.521. The fraction of sp³-hybridized carbons (Fsp3) is 0.615. The van der Waals surface area contributed by atoms with Crippen LogP contribution in [-0.4, -0.2) is 40.6 Å². The molecule has 5 nitrogen and oxygen atoms in total. The number of hydrogen-bond donors (Lipinski definition) is 2.